The lowest BCUT2D eigenvalue weighted by Gasteiger charge is -2.31. The van der Waals surface area contributed by atoms with Gasteiger partial charge in [0.1, 0.15) is 5.75 Å². The fourth-order valence-electron chi connectivity index (χ4n) is 3.93. The van der Waals surface area contributed by atoms with E-state index in [1.54, 1.807) is 7.11 Å². The number of methoxy groups -OCH3 is 1. The van der Waals surface area contributed by atoms with E-state index in [2.05, 4.69) is 5.32 Å². The number of rotatable bonds is 8. The van der Waals surface area contributed by atoms with Gasteiger partial charge < -0.3 is 10.1 Å². The predicted octanol–water partition coefficient (Wildman–Crippen LogP) is 3.81. The molecule has 2 aromatic rings. The van der Waals surface area contributed by atoms with Gasteiger partial charge in [0.25, 0.3) is 0 Å². The number of aryl methyl sites for hydroxylation is 1. The number of nitrogens with zero attached hydrogens (tertiary/aromatic N) is 1. The largest absolute Gasteiger partial charge is 0.497 e. The average molecular weight is 445 g/mol. The van der Waals surface area contributed by atoms with E-state index >= 15 is 0 Å². The minimum Gasteiger partial charge on any atom is -0.497 e. The number of hydrogen-bond acceptors (Lipinski definition) is 4. The molecule has 168 valence electrons. The normalized spacial score (nSPS) is 16.6. The topological polar surface area (TPSA) is 75.7 Å². The summed E-state index contributed by atoms with van der Waals surface area (Å²) in [5.74, 6) is 0.611. The van der Waals surface area contributed by atoms with Crippen LogP contribution in [0, 0.1) is 12.8 Å². The summed E-state index contributed by atoms with van der Waals surface area (Å²) in [6.07, 6.45) is 1.86. The monoisotopic (exact) mass is 444 g/mol. The van der Waals surface area contributed by atoms with Crippen molar-refractivity contribution in [2.45, 2.75) is 44.9 Å². The Kier molecular flexibility index (Phi) is 7.73. The van der Waals surface area contributed by atoms with Crippen molar-refractivity contribution in [3.63, 3.8) is 0 Å². The van der Waals surface area contributed by atoms with E-state index in [1.807, 2.05) is 62.4 Å². The van der Waals surface area contributed by atoms with Crippen LogP contribution in [0.5, 0.6) is 5.75 Å². The Morgan fingerprint density at radius 3 is 2.26 bits per heavy atom. The van der Waals surface area contributed by atoms with Gasteiger partial charge in [-0.25, -0.2) is 12.7 Å². The molecule has 6 nitrogen and oxygen atoms in total. The number of sulfonamides is 1. The average Bonchev–Trinajstić information content (AvgIpc) is 2.79. The Morgan fingerprint density at radius 1 is 1.10 bits per heavy atom. The van der Waals surface area contributed by atoms with Crippen molar-refractivity contribution in [2.24, 2.45) is 5.92 Å². The molecule has 1 unspecified atom stereocenters. The van der Waals surface area contributed by atoms with Gasteiger partial charge in [0.15, 0.2) is 0 Å². The third-order valence-corrected chi connectivity index (χ3v) is 7.78. The van der Waals surface area contributed by atoms with Crippen LogP contribution >= 0.6 is 0 Å². The number of ether oxygens (including phenoxy) is 1. The van der Waals surface area contributed by atoms with Crippen LogP contribution in [0.15, 0.2) is 48.5 Å². The highest BCUT2D eigenvalue weighted by Crippen LogP contribution is 2.25. The molecule has 1 fully saturated rings. The van der Waals surface area contributed by atoms with E-state index in [9.17, 15) is 13.2 Å². The minimum atomic E-state index is -3.39. The minimum absolute atomic E-state index is 0.000475. The van der Waals surface area contributed by atoms with Crippen molar-refractivity contribution < 1.29 is 17.9 Å². The molecule has 0 spiro atoms. The summed E-state index contributed by atoms with van der Waals surface area (Å²) in [5.41, 5.74) is 2.93. The molecule has 2 aromatic carbocycles. The van der Waals surface area contributed by atoms with Crippen LogP contribution in [0.25, 0.3) is 0 Å². The number of carbonyl (C=O) groups excluding carboxylic acids is 1. The van der Waals surface area contributed by atoms with E-state index in [4.69, 9.17) is 4.74 Å². The highest BCUT2D eigenvalue weighted by molar-refractivity contribution is 7.88. The first-order chi connectivity index (χ1) is 14.8. The maximum absolute atomic E-state index is 12.8. The van der Waals surface area contributed by atoms with E-state index < -0.39 is 10.0 Å². The summed E-state index contributed by atoms with van der Waals surface area (Å²) >= 11 is 0. The third kappa shape index (κ3) is 6.08. The van der Waals surface area contributed by atoms with Crippen LogP contribution < -0.4 is 10.1 Å². The van der Waals surface area contributed by atoms with Gasteiger partial charge in [-0.2, -0.15) is 0 Å². The van der Waals surface area contributed by atoms with Gasteiger partial charge in [0.05, 0.1) is 18.9 Å². The molecule has 31 heavy (non-hydrogen) atoms. The molecular formula is C24H32N2O4S. The van der Waals surface area contributed by atoms with Gasteiger partial charge in [-0.1, -0.05) is 48.9 Å². The first kappa shape index (κ1) is 23.3. The predicted molar refractivity (Wildman–Crippen MR) is 122 cm³/mol. The molecule has 1 aliphatic rings. The molecule has 1 atom stereocenters. The van der Waals surface area contributed by atoms with Gasteiger partial charge in [-0.3, -0.25) is 4.79 Å². The summed E-state index contributed by atoms with van der Waals surface area (Å²) in [6, 6.07) is 15.2. The molecule has 0 aliphatic carbocycles. The van der Waals surface area contributed by atoms with Crippen LogP contribution in [0.4, 0.5) is 0 Å². The van der Waals surface area contributed by atoms with E-state index in [0.717, 1.165) is 28.9 Å². The highest BCUT2D eigenvalue weighted by atomic mass is 32.2. The van der Waals surface area contributed by atoms with Gasteiger partial charge >= 0.3 is 0 Å². The quantitative estimate of drug-likeness (QED) is 0.672. The summed E-state index contributed by atoms with van der Waals surface area (Å²) in [5, 5.41) is 3.14. The van der Waals surface area contributed by atoms with Crippen molar-refractivity contribution in [1.82, 2.24) is 9.62 Å². The van der Waals surface area contributed by atoms with Crippen LogP contribution in [-0.2, 0) is 20.6 Å². The van der Waals surface area contributed by atoms with Crippen LogP contribution in [0.1, 0.15) is 48.9 Å². The molecule has 3 rings (SSSR count). The van der Waals surface area contributed by atoms with Crippen molar-refractivity contribution in [1.29, 1.82) is 0 Å². The molecule has 0 bridgehead atoms. The zero-order valence-corrected chi connectivity index (χ0v) is 19.3. The Hall–Kier alpha value is -2.38. The van der Waals surface area contributed by atoms with E-state index in [-0.39, 0.29) is 23.6 Å². The molecule has 1 N–H and O–H groups in total. The number of piperidine rings is 1. The summed E-state index contributed by atoms with van der Waals surface area (Å²) in [6.45, 7) is 4.78. The Morgan fingerprint density at radius 2 is 1.71 bits per heavy atom. The summed E-state index contributed by atoms with van der Waals surface area (Å²) in [4.78, 5) is 12.8. The molecule has 1 aliphatic heterocycles. The third-order valence-electron chi connectivity index (χ3n) is 5.93. The standard InChI is InChI=1S/C24H32N2O4S/c1-4-23(20-9-11-22(30-3)12-10-20)25-24(27)21-13-15-26(16-14-21)31(28,29)17-19-7-5-18(2)6-8-19/h5-12,21,23H,4,13-17H2,1-3H3,(H,25,27). The Balaban J connectivity index is 1.55. The molecule has 0 aromatic heterocycles. The first-order valence-electron chi connectivity index (χ1n) is 10.8. The van der Waals surface area contributed by atoms with Crippen molar-refractivity contribution in [3.8, 4) is 5.75 Å². The zero-order chi connectivity index (χ0) is 22.4. The second kappa shape index (κ2) is 10.3. The summed E-state index contributed by atoms with van der Waals surface area (Å²) < 4.78 is 32.3. The number of carbonyl (C=O) groups is 1. The molecule has 0 radical (unpaired) electrons. The van der Waals surface area contributed by atoms with Crippen molar-refractivity contribution in [2.75, 3.05) is 20.2 Å². The van der Waals surface area contributed by atoms with Gasteiger partial charge in [-0.15, -0.1) is 0 Å². The fraction of sp³-hybridized carbons (Fsp3) is 0.458. The van der Waals surface area contributed by atoms with E-state index in [0.29, 0.717) is 25.9 Å². The van der Waals surface area contributed by atoms with Crippen molar-refractivity contribution >= 4 is 15.9 Å². The zero-order valence-electron chi connectivity index (χ0n) is 18.5. The molecule has 0 saturated carbocycles. The second-order valence-electron chi connectivity index (χ2n) is 8.16. The number of hydrogen-bond donors (Lipinski definition) is 1. The Bertz CT molecular complexity index is 964. The van der Waals surface area contributed by atoms with Gasteiger partial charge in [0, 0.05) is 19.0 Å². The lowest BCUT2D eigenvalue weighted by molar-refractivity contribution is -0.126. The lowest BCUT2D eigenvalue weighted by Crippen LogP contribution is -2.44. The SMILES string of the molecule is CCC(NC(=O)C1CCN(S(=O)(=O)Cc2ccc(C)cc2)CC1)c1ccc(OC)cc1. The van der Waals surface area contributed by atoms with Crippen molar-refractivity contribution in [3.05, 3.63) is 65.2 Å². The van der Waals surface area contributed by atoms with Gasteiger partial charge in [-0.05, 0) is 49.4 Å². The Labute approximate surface area is 185 Å². The molecule has 1 saturated heterocycles. The fourth-order valence-corrected chi connectivity index (χ4v) is 5.49. The number of benzene rings is 2. The van der Waals surface area contributed by atoms with Gasteiger partial charge in [0.2, 0.25) is 15.9 Å². The smallest absolute Gasteiger partial charge is 0.223 e. The highest BCUT2D eigenvalue weighted by Gasteiger charge is 2.31. The van der Waals surface area contributed by atoms with Crippen LogP contribution in [-0.4, -0.2) is 38.8 Å². The maximum atomic E-state index is 12.8. The molecule has 7 heteroatoms. The molecule has 1 heterocycles. The first-order valence-corrected chi connectivity index (χ1v) is 12.4. The molecule has 1 amide bonds. The number of amides is 1. The second-order valence-corrected chi connectivity index (χ2v) is 10.1. The van der Waals surface area contributed by atoms with Crippen LogP contribution in [0.3, 0.4) is 0 Å². The summed E-state index contributed by atoms with van der Waals surface area (Å²) in [7, 11) is -1.76. The molecular weight excluding hydrogens is 412 g/mol. The van der Waals surface area contributed by atoms with E-state index in [1.165, 1.54) is 4.31 Å². The lowest BCUT2D eigenvalue weighted by atomic mass is 9.95. The maximum Gasteiger partial charge on any atom is 0.223 e. The number of nitrogens with one attached hydrogen (secondary N) is 1. The van der Waals surface area contributed by atoms with Crippen LogP contribution in [0.2, 0.25) is 0 Å².